The number of aryl methyl sites for hydroxylation is 1. The maximum absolute atomic E-state index is 12.4. The average Bonchev–Trinajstić information content (AvgIpc) is 2.77. The predicted molar refractivity (Wildman–Crippen MR) is 125 cm³/mol. The van der Waals surface area contributed by atoms with Crippen molar-refractivity contribution in [2.75, 3.05) is 51.1 Å². The van der Waals surface area contributed by atoms with E-state index in [9.17, 15) is 9.59 Å². The first-order valence-corrected chi connectivity index (χ1v) is 11.0. The highest BCUT2D eigenvalue weighted by Gasteiger charge is 2.21. The highest BCUT2D eigenvalue weighted by atomic mass is 16.2. The number of nitrogens with one attached hydrogen (secondary N) is 2. The van der Waals surface area contributed by atoms with Crippen LogP contribution in [0.1, 0.15) is 29.5 Å². The van der Waals surface area contributed by atoms with Crippen molar-refractivity contribution < 1.29 is 9.59 Å². The molecule has 1 aliphatic rings. The molecule has 0 spiro atoms. The molecule has 0 unspecified atom stereocenters. The molecule has 2 aromatic rings. The van der Waals surface area contributed by atoms with Gasteiger partial charge in [-0.2, -0.15) is 0 Å². The Morgan fingerprint density at radius 2 is 1.48 bits per heavy atom. The van der Waals surface area contributed by atoms with E-state index in [4.69, 9.17) is 0 Å². The molecular weight excluding hydrogens is 388 g/mol. The largest absolute Gasteiger partial charge is 0.354 e. The van der Waals surface area contributed by atoms with Crippen LogP contribution >= 0.6 is 0 Å². The minimum absolute atomic E-state index is 0.00907. The van der Waals surface area contributed by atoms with E-state index < -0.39 is 0 Å². The zero-order chi connectivity index (χ0) is 22.2. The third-order valence-electron chi connectivity index (χ3n) is 6.05. The predicted octanol–water partition coefficient (Wildman–Crippen LogP) is 2.78. The number of anilines is 1. The van der Waals surface area contributed by atoms with E-state index in [-0.39, 0.29) is 17.7 Å². The van der Waals surface area contributed by atoms with Gasteiger partial charge in [0.05, 0.1) is 13.1 Å². The fourth-order valence-electron chi connectivity index (χ4n) is 3.81. The molecule has 0 saturated carbocycles. The van der Waals surface area contributed by atoms with E-state index in [1.165, 1.54) is 11.1 Å². The topological polar surface area (TPSA) is 64.7 Å². The molecule has 1 saturated heterocycles. The number of carbonyl (C=O) groups is 2. The summed E-state index contributed by atoms with van der Waals surface area (Å²) in [6.07, 6.45) is 0. The molecule has 0 aromatic heterocycles. The fourth-order valence-corrected chi connectivity index (χ4v) is 3.81. The van der Waals surface area contributed by atoms with Crippen LogP contribution in [0, 0.1) is 13.8 Å². The van der Waals surface area contributed by atoms with Crippen molar-refractivity contribution in [3.63, 3.8) is 0 Å². The summed E-state index contributed by atoms with van der Waals surface area (Å²) in [6.45, 7) is 10.8. The van der Waals surface area contributed by atoms with Crippen LogP contribution in [0.4, 0.5) is 5.69 Å². The van der Waals surface area contributed by atoms with Crippen LogP contribution in [0.2, 0.25) is 0 Å². The number of nitrogens with zero attached hydrogens (tertiary/aromatic N) is 2. The van der Waals surface area contributed by atoms with Gasteiger partial charge in [0.25, 0.3) is 0 Å². The first-order chi connectivity index (χ1) is 14.9. The van der Waals surface area contributed by atoms with Crippen LogP contribution in [0.15, 0.2) is 48.5 Å². The average molecular weight is 423 g/mol. The molecular formula is C25H34N4O2. The van der Waals surface area contributed by atoms with Crippen LogP contribution in [-0.4, -0.2) is 67.4 Å². The number of rotatable bonds is 8. The highest BCUT2D eigenvalue weighted by molar-refractivity contribution is 5.93. The Morgan fingerprint density at radius 3 is 2.13 bits per heavy atom. The molecule has 3 rings (SSSR count). The lowest BCUT2D eigenvalue weighted by molar-refractivity contribution is -0.123. The Hall–Kier alpha value is -2.70. The molecule has 6 nitrogen and oxygen atoms in total. The quantitative estimate of drug-likeness (QED) is 0.687. The standard InChI is InChI=1S/C25H34N4O2/c1-19-8-7-11-23(21(19)3)27-25(31)18-29-14-12-28(13-15-29)17-24(30)26-16-20(2)22-9-5-4-6-10-22/h4-11,20H,12-18H2,1-3H3,(H,26,30)(H,27,31)/t20-/m1/s1. The van der Waals surface area contributed by atoms with Crippen LogP contribution in [0.3, 0.4) is 0 Å². The van der Waals surface area contributed by atoms with Gasteiger partial charge in [0.1, 0.15) is 0 Å². The van der Waals surface area contributed by atoms with Gasteiger partial charge < -0.3 is 10.6 Å². The van der Waals surface area contributed by atoms with Crippen molar-refractivity contribution in [3.05, 3.63) is 65.2 Å². The maximum atomic E-state index is 12.4. The van der Waals surface area contributed by atoms with Gasteiger partial charge in [-0.05, 0) is 42.5 Å². The Kier molecular flexibility index (Phi) is 8.20. The SMILES string of the molecule is Cc1cccc(NC(=O)CN2CCN(CC(=O)NC[C@@H](C)c3ccccc3)CC2)c1C. The molecule has 0 radical (unpaired) electrons. The highest BCUT2D eigenvalue weighted by Crippen LogP contribution is 2.18. The Bertz CT molecular complexity index is 876. The van der Waals surface area contributed by atoms with E-state index in [1.807, 2.05) is 50.2 Å². The van der Waals surface area contributed by atoms with Crippen molar-refractivity contribution in [2.24, 2.45) is 0 Å². The van der Waals surface area contributed by atoms with Crippen LogP contribution in [0.5, 0.6) is 0 Å². The minimum Gasteiger partial charge on any atom is -0.354 e. The summed E-state index contributed by atoms with van der Waals surface area (Å²) >= 11 is 0. The fraction of sp³-hybridized carbons (Fsp3) is 0.440. The monoisotopic (exact) mass is 422 g/mol. The molecule has 2 aromatic carbocycles. The number of hydrogen-bond donors (Lipinski definition) is 2. The smallest absolute Gasteiger partial charge is 0.238 e. The summed E-state index contributed by atoms with van der Waals surface area (Å²) in [5.41, 5.74) is 4.39. The van der Waals surface area contributed by atoms with Crippen molar-refractivity contribution in [2.45, 2.75) is 26.7 Å². The van der Waals surface area contributed by atoms with Crippen molar-refractivity contribution in [3.8, 4) is 0 Å². The summed E-state index contributed by atoms with van der Waals surface area (Å²) in [5, 5.41) is 6.07. The van der Waals surface area contributed by atoms with Gasteiger partial charge in [-0.15, -0.1) is 0 Å². The zero-order valence-electron chi connectivity index (χ0n) is 18.9. The van der Waals surface area contributed by atoms with E-state index in [1.54, 1.807) is 0 Å². The second-order valence-corrected chi connectivity index (χ2v) is 8.46. The summed E-state index contributed by atoms with van der Waals surface area (Å²) in [6, 6.07) is 16.2. The zero-order valence-corrected chi connectivity index (χ0v) is 18.9. The molecule has 6 heteroatoms. The summed E-state index contributed by atoms with van der Waals surface area (Å²) in [7, 11) is 0. The molecule has 0 aliphatic carbocycles. The third kappa shape index (κ3) is 6.91. The molecule has 1 fully saturated rings. The van der Waals surface area contributed by atoms with E-state index in [0.29, 0.717) is 19.6 Å². The Labute approximate surface area is 185 Å². The van der Waals surface area contributed by atoms with Gasteiger partial charge in [-0.1, -0.05) is 49.4 Å². The summed E-state index contributed by atoms with van der Waals surface area (Å²) < 4.78 is 0. The van der Waals surface area contributed by atoms with Crippen LogP contribution < -0.4 is 10.6 Å². The lowest BCUT2D eigenvalue weighted by Crippen LogP contribution is -2.51. The molecule has 1 atom stereocenters. The normalized spacial score (nSPS) is 16.0. The number of hydrogen-bond acceptors (Lipinski definition) is 4. The maximum Gasteiger partial charge on any atom is 0.238 e. The summed E-state index contributed by atoms with van der Waals surface area (Å²) in [4.78, 5) is 29.1. The Morgan fingerprint density at radius 1 is 0.871 bits per heavy atom. The molecule has 166 valence electrons. The van der Waals surface area contributed by atoms with Crippen molar-refractivity contribution in [1.82, 2.24) is 15.1 Å². The second-order valence-electron chi connectivity index (χ2n) is 8.46. The number of carbonyl (C=O) groups excluding carboxylic acids is 2. The lowest BCUT2D eigenvalue weighted by Gasteiger charge is -2.33. The van der Waals surface area contributed by atoms with E-state index >= 15 is 0 Å². The third-order valence-corrected chi connectivity index (χ3v) is 6.05. The molecule has 0 bridgehead atoms. The Balaban J connectivity index is 1.36. The van der Waals surface area contributed by atoms with Gasteiger partial charge in [0, 0.05) is 38.4 Å². The van der Waals surface area contributed by atoms with E-state index in [2.05, 4.69) is 39.5 Å². The second kappa shape index (κ2) is 11.1. The first kappa shape index (κ1) is 23.0. The van der Waals surface area contributed by atoms with Crippen molar-refractivity contribution >= 4 is 17.5 Å². The number of amides is 2. The first-order valence-electron chi connectivity index (χ1n) is 11.0. The summed E-state index contributed by atoms with van der Waals surface area (Å²) in [5.74, 6) is 0.358. The van der Waals surface area contributed by atoms with Gasteiger partial charge in [-0.25, -0.2) is 0 Å². The minimum atomic E-state index is 0.00907. The molecule has 2 amide bonds. The van der Waals surface area contributed by atoms with Gasteiger partial charge in [-0.3, -0.25) is 19.4 Å². The molecule has 2 N–H and O–H groups in total. The van der Waals surface area contributed by atoms with Gasteiger partial charge in [0.15, 0.2) is 0 Å². The molecule has 1 heterocycles. The molecule has 1 aliphatic heterocycles. The molecule has 31 heavy (non-hydrogen) atoms. The number of piperazine rings is 1. The lowest BCUT2D eigenvalue weighted by atomic mass is 10.0. The van der Waals surface area contributed by atoms with E-state index in [0.717, 1.165) is 37.4 Å². The van der Waals surface area contributed by atoms with Gasteiger partial charge >= 0.3 is 0 Å². The van der Waals surface area contributed by atoms with Crippen molar-refractivity contribution in [1.29, 1.82) is 0 Å². The number of benzene rings is 2. The van der Waals surface area contributed by atoms with Crippen LogP contribution in [-0.2, 0) is 9.59 Å². The van der Waals surface area contributed by atoms with Crippen LogP contribution in [0.25, 0.3) is 0 Å². The van der Waals surface area contributed by atoms with Gasteiger partial charge in [0.2, 0.25) is 11.8 Å².